The zero-order valence-corrected chi connectivity index (χ0v) is 6.32. The lowest BCUT2D eigenvalue weighted by Crippen LogP contribution is -2.18. The summed E-state index contributed by atoms with van der Waals surface area (Å²) in [5.41, 5.74) is 5.96. The molecule has 2 N–H and O–H groups in total. The zero-order chi connectivity index (χ0) is 8.27. The molecule has 0 aliphatic rings. The molecule has 0 aliphatic heterocycles. The van der Waals surface area contributed by atoms with Crippen LogP contribution in [0.15, 0.2) is 24.5 Å². The molecule has 1 amide bonds. The highest BCUT2D eigenvalue weighted by Crippen LogP contribution is 2.11. The summed E-state index contributed by atoms with van der Waals surface area (Å²) in [7, 11) is 0. The molecule has 3 heteroatoms. The van der Waals surface area contributed by atoms with Crippen molar-refractivity contribution in [2.45, 2.75) is 12.8 Å². The van der Waals surface area contributed by atoms with Gasteiger partial charge >= 0.3 is 0 Å². The molecule has 1 aromatic rings. The number of amides is 1. The van der Waals surface area contributed by atoms with Crippen LogP contribution in [0.25, 0.3) is 0 Å². The third-order valence-electron chi connectivity index (χ3n) is 1.61. The Balaban J connectivity index is 2.85. The van der Waals surface area contributed by atoms with Gasteiger partial charge in [-0.15, -0.1) is 0 Å². The van der Waals surface area contributed by atoms with Gasteiger partial charge in [0.05, 0.1) is 5.92 Å². The van der Waals surface area contributed by atoms with Crippen LogP contribution in [0.2, 0.25) is 0 Å². The van der Waals surface area contributed by atoms with Crippen molar-refractivity contribution >= 4 is 5.91 Å². The van der Waals surface area contributed by atoms with Gasteiger partial charge in [-0.3, -0.25) is 9.78 Å². The van der Waals surface area contributed by atoms with Gasteiger partial charge in [-0.2, -0.15) is 0 Å². The zero-order valence-electron chi connectivity index (χ0n) is 6.32. The van der Waals surface area contributed by atoms with Crippen LogP contribution in [-0.4, -0.2) is 10.9 Å². The molecule has 0 saturated heterocycles. The first-order valence-electron chi connectivity index (χ1n) is 3.41. The van der Waals surface area contributed by atoms with Crippen molar-refractivity contribution in [2.24, 2.45) is 5.73 Å². The Morgan fingerprint density at radius 3 is 2.91 bits per heavy atom. The van der Waals surface area contributed by atoms with Gasteiger partial charge in [0.15, 0.2) is 0 Å². The fourth-order valence-corrected chi connectivity index (χ4v) is 0.796. The first kappa shape index (κ1) is 7.72. The van der Waals surface area contributed by atoms with Gasteiger partial charge in [0.2, 0.25) is 5.91 Å². The van der Waals surface area contributed by atoms with Gasteiger partial charge in [0, 0.05) is 12.4 Å². The number of nitrogens with two attached hydrogens (primary N) is 1. The topological polar surface area (TPSA) is 56.0 Å². The first-order valence-corrected chi connectivity index (χ1v) is 3.41. The van der Waals surface area contributed by atoms with Gasteiger partial charge in [0.25, 0.3) is 0 Å². The number of aromatic nitrogens is 1. The molecule has 1 atom stereocenters. The first-order chi connectivity index (χ1) is 5.22. The molecule has 0 aromatic carbocycles. The second-order valence-corrected chi connectivity index (χ2v) is 2.41. The van der Waals surface area contributed by atoms with E-state index in [1.165, 1.54) is 0 Å². The number of nitrogens with zero attached hydrogens (tertiary/aromatic N) is 1. The van der Waals surface area contributed by atoms with Crippen LogP contribution >= 0.6 is 0 Å². The highest BCUT2D eigenvalue weighted by atomic mass is 16.1. The van der Waals surface area contributed by atoms with E-state index in [4.69, 9.17) is 5.73 Å². The number of rotatable bonds is 2. The maximum absolute atomic E-state index is 10.7. The van der Waals surface area contributed by atoms with E-state index in [2.05, 4.69) is 4.98 Å². The predicted molar refractivity (Wildman–Crippen MR) is 41.8 cm³/mol. The maximum atomic E-state index is 10.7. The quantitative estimate of drug-likeness (QED) is 0.673. The maximum Gasteiger partial charge on any atom is 0.224 e. The molecule has 1 aromatic heterocycles. The average Bonchev–Trinajstić information content (AvgIpc) is 2.05. The Labute approximate surface area is 65.2 Å². The molecule has 0 spiro atoms. The third kappa shape index (κ3) is 1.77. The Hall–Kier alpha value is -1.38. The van der Waals surface area contributed by atoms with Crippen LogP contribution < -0.4 is 5.73 Å². The molecule has 11 heavy (non-hydrogen) atoms. The Bertz CT molecular complexity index is 246. The van der Waals surface area contributed by atoms with Gasteiger partial charge in [-0.25, -0.2) is 0 Å². The highest BCUT2D eigenvalue weighted by molar-refractivity contribution is 5.81. The van der Waals surface area contributed by atoms with E-state index in [-0.39, 0.29) is 11.8 Å². The number of carbonyl (C=O) groups is 1. The molecule has 1 unspecified atom stereocenters. The van der Waals surface area contributed by atoms with Gasteiger partial charge in [-0.1, -0.05) is 6.07 Å². The standard InChI is InChI=1S/C8H10N2O/c1-6(8(9)11)7-3-2-4-10-5-7/h2-6H,1H3,(H2,9,11). The van der Waals surface area contributed by atoms with E-state index in [0.717, 1.165) is 5.56 Å². The molecule has 58 valence electrons. The molecular formula is C8H10N2O. The summed E-state index contributed by atoms with van der Waals surface area (Å²) in [6.07, 6.45) is 3.31. The van der Waals surface area contributed by atoms with Crippen molar-refractivity contribution in [2.75, 3.05) is 0 Å². The lowest BCUT2D eigenvalue weighted by atomic mass is 10.0. The lowest BCUT2D eigenvalue weighted by molar-refractivity contribution is -0.119. The second-order valence-electron chi connectivity index (χ2n) is 2.41. The Morgan fingerprint density at radius 2 is 2.45 bits per heavy atom. The van der Waals surface area contributed by atoms with E-state index in [0.29, 0.717) is 0 Å². The molecule has 0 radical (unpaired) electrons. The van der Waals surface area contributed by atoms with Crippen molar-refractivity contribution in [3.63, 3.8) is 0 Å². The molecule has 1 rings (SSSR count). The number of pyridine rings is 1. The highest BCUT2D eigenvalue weighted by Gasteiger charge is 2.09. The molecule has 0 fully saturated rings. The smallest absolute Gasteiger partial charge is 0.224 e. The summed E-state index contributed by atoms with van der Waals surface area (Å²) < 4.78 is 0. The predicted octanol–water partition coefficient (Wildman–Crippen LogP) is 0.670. The van der Waals surface area contributed by atoms with Crippen LogP contribution in [0.1, 0.15) is 18.4 Å². The molecule has 1 heterocycles. The number of primary amides is 1. The van der Waals surface area contributed by atoms with Crippen LogP contribution in [0.5, 0.6) is 0 Å². The normalized spacial score (nSPS) is 12.5. The fourth-order valence-electron chi connectivity index (χ4n) is 0.796. The largest absolute Gasteiger partial charge is 0.369 e. The molecule has 0 aliphatic carbocycles. The third-order valence-corrected chi connectivity index (χ3v) is 1.61. The molecule has 0 saturated carbocycles. The van der Waals surface area contributed by atoms with E-state index in [1.54, 1.807) is 25.4 Å². The van der Waals surface area contributed by atoms with Crippen LogP contribution in [0.4, 0.5) is 0 Å². The number of hydrogen-bond acceptors (Lipinski definition) is 2. The minimum atomic E-state index is -0.321. The Kier molecular flexibility index (Phi) is 2.21. The summed E-state index contributed by atoms with van der Waals surface area (Å²) in [6, 6.07) is 3.62. The summed E-state index contributed by atoms with van der Waals surface area (Å²) in [6.45, 7) is 1.76. The minimum absolute atomic E-state index is 0.247. The minimum Gasteiger partial charge on any atom is -0.369 e. The average molecular weight is 150 g/mol. The molecular weight excluding hydrogens is 140 g/mol. The number of hydrogen-bond donors (Lipinski definition) is 1. The summed E-state index contributed by atoms with van der Waals surface area (Å²) >= 11 is 0. The van der Waals surface area contributed by atoms with Gasteiger partial charge in [-0.05, 0) is 18.6 Å². The van der Waals surface area contributed by atoms with Crippen molar-refractivity contribution in [3.8, 4) is 0 Å². The van der Waals surface area contributed by atoms with Crippen LogP contribution in [0.3, 0.4) is 0 Å². The number of carbonyl (C=O) groups excluding carboxylic acids is 1. The summed E-state index contributed by atoms with van der Waals surface area (Å²) in [5.74, 6) is -0.568. The van der Waals surface area contributed by atoms with E-state index < -0.39 is 0 Å². The van der Waals surface area contributed by atoms with Crippen molar-refractivity contribution < 1.29 is 4.79 Å². The van der Waals surface area contributed by atoms with E-state index >= 15 is 0 Å². The van der Waals surface area contributed by atoms with Crippen molar-refractivity contribution in [1.29, 1.82) is 0 Å². The van der Waals surface area contributed by atoms with Gasteiger partial charge < -0.3 is 5.73 Å². The van der Waals surface area contributed by atoms with E-state index in [9.17, 15) is 4.79 Å². The van der Waals surface area contributed by atoms with Crippen LogP contribution in [0, 0.1) is 0 Å². The van der Waals surface area contributed by atoms with Crippen molar-refractivity contribution in [3.05, 3.63) is 30.1 Å². The molecule has 3 nitrogen and oxygen atoms in total. The summed E-state index contributed by atoms with van der Waals surface area (Å²) in [5, 5.41) is 0. The van der Waals surface area contributed by atoms with E-state index in [1.807, 2.05) is 6.07 Å². The fraction of sp³-hybridized carbons (Fsp3) is 0.250. The Morgan fingerprint density at radius 1 is 1.73 bits per heavy atom. The molecule has 0 bridgehead atoms. The summed E-state index contributed by atoms with van der Waals surface area (Å²) in [4.78, 5) is 14.6. The monoisotopic (exact) mass is 150 g/mol. The lowest BCUT2D eigenvalue weighted by Gasteiger charge is -2.04. The second kappa shape index (κ2) is 3.14. The van der Waals surface area contributed by atoms with Gasteiger partial charge in [0.1, 0.15) is 0 Å². The van der Waals surface area contributed by atoms with Crippen molar-refractivity contribution in [1.82, 2.24) is 4.98 Å². The SMILES string of the molecule is CC(C(N)=O)c1cccnc1. The van der Waals surface area contributed by atoms with Crippen LogP contribution in [-0.2, 0) is 4.79 Å².